The third-order valence-electron chi connectivity index (χ3n) is 3.35. The molecule has 0 amide bonds. The number of nitrogens with one attached hydrogen (secondary N) is 2. The van der Waals surface area contributed by atoms with Crippen LogP contribution in [0.15, 0.2) is 23.1 Å². The number of ether oxygens (including phenoxy) is 1. The van der Waals surface area contributed by atoms with Gasteiger partial charge in [0.25, 0.3) is 0 Å². The summed E-state index contributed by atoms with van der Waals surface area (Å²) in [6, 6.07) is 4.42. The first-order valence-corrected chi connectivity index (χ1v) is 9.63. The minimum atomic E-state index is -3.61. The van der Waals surface area contributed by atoms with E-state index in [0.717, 1.165) is 0 Å². The number of thiocarbonyl (C=S) groups is 1. The van der Waals surface area contributed by atoms with Crippen molar-refractivity contribution < 1.29 is 18.3 Å². The van der Waals surface area contributed by atoms with Crippen molar-refractivity contribution in [1.29, 1.82) is 0 Å². The van der Waals surface area contributed by atoms with Crippen LogP contribution in [0.1, 0.15) is 6.92 Å². The Kier molecular flexibility index (Phi) is 6.79. The van der Waals surface area contributed by atoms with Gasteiger partial charge in [0, 0.05) is 19.6 Å². The fourth-order valence-electron chi connectivity index (χ4n) is 2.10. The second kappa shape index (κ2) is 8.41. The Labute approximate surface area is 152 Å². The molecule has 10 heteroatoms. The van der Waals surface area contributed by atoms with Gasteiger partial charge in [-0.3, -0.25) is 0 Å². The van der Waals surface area contributed by atoms with Gasteiger partial charge in [-0.05, 0) is 37.3 Å². The van der Waals surface area contributed by atoms with Crippen molar-refractivity contribution in [2.45, 2.75) is 17.9 Å². The Morgan fingerprint density at radius 2 is 2.12 bits per heavy atom. The molecule has 1 heterocycles. The number of morpholine rings is 1. The van der Waals surface area contributed by atoms with Gasteiger partial charge in [-0.2, -0.15) is 4.31 Å². The average molecular weight is 394 g/mol. The van der Waals surface area contributed by atoms with Crippen molar-refractivity contribution in [3.05, 3.63) is 23.2 Å². The Morgan fingerprint density at radius 1 is 1.46 bits per heavy atom. The lowest BCUT2D eigenvalue weighted by Gasteiger charge is -2.26. The molecule has 3 N–H and O–H groups in total. The van der Waals surface area contributed by atoms with Crippen molar-refractivity contribution >= 4 is 44.6 Å². The third kappa shape index (κ3) is 5.01. The minimum absolute atomic E-state index is 0.134. The molecule has 7 nitrogen and oxygen atoms in total. The lowest BCUT2D eigenvalue weighted by molar-refractivity contribution is 0.0730. The van der Waals surface area contributed by atoms with Gasteiger partial charge >= 0.3 is 0 Å². The molecule has 1 saturated heterocycles. The van der Waals surface area contributed by atoms with Gasteiger partial charge in [0.2, 0.25) is 10.0 Å². The predicted octanol–water partition coefficient (Wildman–Crippen LogP) is 1.03. The van der Waals surface area contributed by atoms with Crippen LogP contribution < -0.4 is 10.6 Å². The summed E-state index contributed by atoms with van der Waals surface area (Å²) in [4.78, 5) is 0.134. The normalized spacial score (nSPS) is 17.3. The van der Waals surface area contributed by atoms with Gasteiger partial charge in [-0.15, -0.1) is 0 Å². The molecule has 1 aromatic carbocycles. The van der Waals surface area contributed by atoms with Crippen molar-refractivity contribution in [2.24, 2.45) is 0 Å². The van der Waals surface area contributed by atoms with Crippen LogP contribution in [0.4, 0.5) is 5.69 Å². The summed E-state index contributed by atoms with van der Waals surface area (Å²) in [5, 5.41) is 15.5. The van der Waals surface area contributed by atoms with Crippen LogP contribution in [0.5, 0.6) is 0 Å². The molecule has 1 atom stereocenters. The third-order valence-corrected chi connectivity index (χ3v) is 5.82. The molecule has 134 valence electrons. The average Bonchev–Trinajstić information content (AvgIpc) is 2.55. The van der Waals surface area contributed by atoms with Crippen molar-refractivity contribution in [3.63, 3.8) is 0 Å². The lowest BCUT2D eigenvalue weighted by atomic mass is 10.3. The number of aliphatic hydroxyl groups is 1. The summed E-state index contributed by atoms with van der Waals surface area (Å²) in [6.07, 6.45) is -0.562. The topological polar surface area (TPSA) is 90.9 Å². The number of benzene rings is 1. The summed E-state index contributed by atoms with van der Waals surface area (Å²) in [7, 11) is -3.61. The molecule has 0 aliphatic carbocycles. The molecule has 2 rings (SSSR count). The molecule has 0 spiro atoms. The number of anilines is 1. The second-order valence-electron chi connectivity index (χ2n) is 5.34. The van der Waals surface area contributed by atoms with Gasteiger partial charge in [0.15, 0.2) is 5.11 Å². The summed E-state index contributed by atoms with van der Waals surface area (Å²) in [5.41, 5.74) is 0.383. The van der Waals surface area contributed by atoms with Gasteiger partial charge in [-0.25, -0.2) is 8.42 Å². The maximum absolute atomic E-state index is 12.7. The van der Waals surface area contributed by atoms with E-state index in [1.807, 2.05) is 0 Å². The Balaban J connectivity index is 2.17. The monoisotopic (exact) mass is 393 g/mol. The van der Waals surface area contributed by atoms with E-state index < -0.39 is 16.1 Å². The molecule has 0 bridgehead atoms. The summed E-state index contributed by atoms with van der Waals surface area (Å²) >= 11 is 11.2. The first-order chi connectivity index (χ1) is 11.3. The number of sulfonamides is 1. The quantitative estimate of drug-likeness (QED) is 0.643. The molecular weight excluding hydrogens is 374 g/mol. The van der Waals surface area contributed by atoms with Gasteiger partial charge < -0.3 is 20.5 Å². The van der Waals surface area contributed by atoms with Crippen LogP contribution in [0.3, 0.4) is 0 Å². The zero-order valence-electron chi connectivity index (χ0n) is 13.2. The van der Waals surface area contributed by atoms with Gasteiger partial charge in [0.05, 0.1) is 34.9 Å². The van der Waals surface area contributed by atoms with Crippen LogP contribution in [-0.2, 0) is 14.8 Å². The molecule has 1 aromatic rings. The smallest absolute Gasteiger partial charge is 0.243 e. The van der Waals surface area contributed by atoms with Crippen molar-refractivity contribution in [3.8, 4) is 0 Å². The molecule has 24 heavy (non-hydrogen) atoms. The molecule has 1 aliphatic rings. The van der Waals surface area contributed by atoms with E-state index in [1.165, 1.54) is 22.5 Å². The number of hydrogen-bond donors (Lipinski definition) is 3. The highest BCUT2D eigenvalue weighted by Crippen LogP contribution is 2.27. The lowest BCUT2D eigenvalue weighted by Crippen LogP contribution is -2.40. The molecular formula is C14H20ClN3O4S2. The fraction of sp³-hybridized carbons (Fsp3) is 0.500. The van der Waals surface area contributed by atoms with Crippen LogP contribution >= 0.6 is 23.8 Å². The SMILES string of the molecule is C[C@@H](O)CNC(=S)Nc1cc(S(=O)(=O)N2CCOCC2)ccc1Cl. The van der Waals surface area contributed by atoms with E-state index in [0.29, 0.717) is 37.0 Å². The van der Waals surface area contributed by atoms with Crippen LogP contribution in [0.25, 0.3) is 0 Å². The first kappa shape index (κ1) is 19.4. The van der Waals surface area contributed by atoms with E-state index in [-0.39, 0.29) is 16.6 Å². The number of nitrogens with zero attached hydrogens (tertiary/aromatic N) is 1. The standard InChI is InChI=1S/C14H20ClN3O4S2/c1-10(19)9-16-14(23)17-13-8-11(2-3-12(13)15)24(20,21)18-4-6-22-7-5-18/h2-3,8,10,19H,4-7,9H2,1H3,(H2,16,17,23)/t10-/m1/s1. The zero-order valence-corrected chi connectivity index (χ0v) is 15.5. The van der Waals surface area contributed by atoms with E-state index in [4.69, 9.17) is 28.6 Å². The van der Waals surface area contributed by atoms with E-state index >= 15 is 0 Å². The first-order valence-electron chi connectivity index (χ1n) is 7.41. The molecule has 0 radical (unpaired) electrons. The zero-order chi connectivity index (χ0) is 17.7. The molecule has 0 unspecified atom stereocenters. The summed E-state index contributed by atoms with van der Waals surface area (Å²) < 4.78 is 31.9. The van der Waals surface area contributed by atoms with Crippen molar-refractivity contribution in [2.75, 3.05) is 38.2 Å². The molecule has 1 fully saturated rings. The maximum Gasteiger partial charge on any atom is 0.243 e. The van der Waals surface area contributed by atoms with Crippen LogP contribution in [-0.4, -0.2) is 61.9 Å². The minimum Gasteiger partial charge on any atom is -0.392 e. The predicted molar refractivity (Wildman–Crippen MR) is 96.9 cm³/mol. The highest BCUT2D eigenvalue weighted by Gasteiger charge is 2.26. The molecule has 1 aliphatic heterocycles. The fourth-order valence-corrected chi connectivity index (χ4v) is 3.90. The Hall–Kier alpha value is -0.970. The van der Waals surface area contributed by atoms with Crippen LogP contribution in [0.2, 0.25) is 5.02 Å². The highest BCUT2D eigenvalue weighted by molar-refractivity contribution is 7.89. The summed E-state index contributed by atoms with van der Waals surface area (Å²) in [6.45, 7) is 3.30. The van der Waals surface area contributed by atoms with E-state index in [2.05, 4.69) is 10.6 Å². The second-order valence-corrected chi connectivity index (χ2v) is 8.10. The van der Waals surface area contributed by atoms with E-state index in [1.54, 1.807) is 6.92 Å². The summed E-state index contributed by atoms with van der Waals surface area (Å²) in [5.74, 6) is 0. The Morgan fingerprint density at radius 3 is 2.75 bits per heavy atom. The Bertz CT molecular complexity index is 691. The number of halogens is 1. The van der Waals surface area contributed by atoms with Crippen LogP contribution in [0, 0.1) is 0 Å². The molecule has 0 saturated carbocycles. The van der Waals surface area contributed by atoms with Crippen molar-refractivity contribution in [1.82, 2.24) is 9.62 Å². The molecule has 0 aromatic heterocycles. The van der Waals surface area contributed by atoms with Gasteiger partial charge in [-0.1, -0.05) is 11.6 Å². The largest absolute Gasteiger partial charge is 0.392 e. The number of hydrogen-bond acceptors (Lipinski definition) is 5. The van der Waals surface area contributed by atoms with Gasteiger partial charge in [0.1, 0.15) is 0 Å². The van der Waals surface area contributed by atoms with E-state index in [9.17, 15) is 13.5 Å². The number of rotatable bonds is 5. The maximum atomic E-state index is 12.7. The number of aliphatic hydroxyl groups excluding tert-OH is 1. The highest BCUT2D eigenvalue weighted by atomic mass is 35.5.